The SMILES string of the molecule is CCC(CC)C(CN)N1CCC(C)(CC)CC1. The minimum atomic E-state index is 0.587. The summed E-state index contributed by atoms with van der Waals surface area (Å²) in [6.45, 7) is 12.7. The van der Waals surface area contributed by atoms with Crippen LogP contribution in [0.2, 0.25) is 0 Å². The van der Waals surface area contributed by atoms with Crippen LogP contribution in [0.1, 0.15) is 59.8 Å². The van der Waals surface area contributed by atoms with Gasteiger partial charge in [0, 0.05) is 12.6 Å². The highest BCUT2D eigenvalue weighted by Crippen LogP contribution is 2.35. The van der Waals surface area contributed by atoms with E-state index in [4.69, 9.17) is 5.73 Å². The van der Waals surface area contributed by atoms with Crippen molar-refractivity contribution in [3.63, 3.8) is 0 Å². The van der Waals surface area contributed by atoms with Crippen LogP contribution in [0.4, 0.5) is 0 Å². The summed E-state index contributed by atoms with van der Waals surface area (Å²) >= 11 is 0. The van der Waals surface area contributed by atoms with Crippen molar-refractivity contribution in [1.82, 2.24) is 4.90 Å². The lowest BCUT2D eigenvalue weighted by Gasteiger charge is -2.44. The van der Waals surface area contributed by atoms with Crippen LogP contribution >= 0.6 is 0 Å². The van der Waals surface area contributed by atoms with Crippen molar-refractivity contribution in [2.45, 2.75) is 65.8 Å². The summed E-state index contributed by atoms with van der Waals surface area (Å²) in [7, 11) is 0. The van der Waals surface area contributed by atoms with Crippen molar-refractivity contribution in [3.8, 4) is 0 Å². The van der Waals surface area contributed by atoms with Crippen LogP contribution in [0.5, 0.6) is 0 Å². The predicted molar refractivity (Wildman–Crippen MR) is 76.1 cm³/mol. The summed E-state index contributed by atoms with van der Waals surface area (Å²) in [5, 5.41) is 0. The van der Waals surface area contributed by atoms with Crippen molar-refractivity contribution in [2.24, 2.45) is 17.1 Å². The number of hydrogen-bond donors (Lipinski definition) is 1. The second kappa shape index (κ2) is 6.75. The maximum absolute atomic E-state index is 6.01. The maximum Gasteiger partial charge on any atom is 0.0246 e. The van der Waals surface area contributed by atoms with E-state index in [1.54, 1.807) is 0 Å². The molecule has 1 unspecified atom stereocenters. The molecule has 0 aromatic rings. The summed E-state index contributed by atoms with van der Waals surface area (Å²) in [4.78, 5) is 2.66. The van der Waals surface area contributed by atoms with Crippen LogP contribution in [0, 0.1) is 11.3 Å². The molecule has 1 aliphatic heterocycles. The third-order valence-electron chi connectivity index (χ3n) is 5.16. The summed E-state index contributed by atoms with van der Waals surface area (Å²) in [5.74, 6) is 0.783. The Morgan fingerprint density at radius 2 is 1.65 bits per heavy atom. The van der Waals surface area contributed by atoms with Gasteiger partial charge in [-0.2, -0.15) is 0 Å². The maximum atomic E-state index is 6.01. The predicted octanol–water partition coefficient (Wildman–Crippen LogP) is 3.26. The second-order valence-electron chi connectivity index (χ2n) is 6.08. The standard InChI is InChI=1S/C15H32N2/c1-5-13(6-2)14(12-16)17-10-8-15(4,7-3)9-11-17/h13-14H,5-12,16H2,1-4H3. The first-order valence-electron chi connectivity index (χ1n) is 7.54. The lowest BCUT2D eigenvalue weighted by atomic mass is 9.77. The topological polar surface area (TPSA) is 29.3 Å². The quantitative estimate of drug-likeness (QED) is 0.772. The van der Waals surface area contributed by atoms with Gasteiger partial charge in [-0.3, -0.25) is 4.90 Å². The first-order chi connectivity index (χ1) is 8.10. The smallest absolute Gasteiger partial charge is 0.0246 e. The lowest BCUT2D eigenvalue weighted by molar-refractivity contribution is 0.0574. The molecule has 0 aromatic carbocycles. The average molecular weight is 240 g/mol. The van der Waals surface area contributed by atoms with Crippen LogP contribution in [0.25, 0.3) is 0 Å². The van der Waals surface area contributed by atoms with Gasteiger partial charge in [-0.15, -0.1) is 0 Å². The highest BCUT2D eigenvalue weighted by atomic mass is 15.2. The van der Waals surface area contributed by atoms with Crippen molar-refractivity contribution < 1.29 is 0 Å². The molecule has 102 valence electrons. The fraction of sp³-hybridized carbons (Fsp3) is 1.00. The van der Waals surface area contributed by atoms with Crippen molar-refractivity contribution in [2.75, 3.05) is 19.6 Å². The van der Waals surface area contributed by atoms with Gasteiger partial charge >= 0.3 is 0 Å². The molecule has 1 fully saturated rings. The molecule has 1 aliphatic rings. The zero-order valence-corrected chi connectivity index (χ0v) is 12.3. The Bertz CT molecular complexity index is 203. The molecule has 2 N–H and O–H groups in total. The number of nitrogens with zero attached hydrogens (tertiary/aromatic N) is 1. The number of nitrogens with two attached hydrogens (primary N) is 1. The van der Waals surface area contributed by atoms with E-state index < -0.39 is 0 Å². The fourth-order valence-electron chi connectivity index (χ4n) is 3.22. The van der Waals surface area contributed by atoms with E-state index >= 15 is 0 Å². The second-order valence-corrected chi connectivity index (χ2v) is 6.08. The van der Waals surface area contributed by atoms with Gasteiger partial charge in [0.05, 0.1) is 0 Å². The lowest BCUT2D eigenvalue weighted by Crippen LogP contribution is -2.50. The zero-order chi connectivity index (χ0) is 12.9. The Morgan fingerprint density at radius 1 is 1.12 bits per heavy atom. The Balaban J connectivity index is 2.56. The number of rotatable bonds is 6. The van der Waals surface area contributed by atoms with Crippen LogP contribution in [-0.2, 0) is 0 Å². The van der Waals surface area contributed by atoms with Crippen molar-refractivity contribution in [1.29, 1.82) is 0 Å². The van der Waals surface area contributed by atoms with E-state index in [-0.39, 0.29) is 0 Å². The van der Waals surface area contributed by atoms with Crippen LogP contribution in [-0.4, -0.2) is 30.6 Å². The van der Waals surface area contributed by atoms with Crippen LogP contribution in [0.15, 0.2) is 0 Å². The third-order valence-corrected chi connectivity index (χ3v) is 5.16. The number of hydrogen-bond acceptors (Lipinski definition) is 2. The van der Waals surface area contributed by atoms with Crippen LogP contribution in [0.3, 0.4) is 0 Å². The highest BCUT2D eigenvalue weighted by Gasteiger charge is 2.32. The summed E-state index contributed by atoms with van der Waals surface area (Å²) in [6, 6.07) is 0.617. The fourth-order valence-corrected chi connectivity index (χ4v) is 3.22. The molecule has 0 bridgehead atoms. The van der Waals surface area contributed by atoms with Gasteiger partial charge < -0.3 is 5.73 Å². The van der Waals surface area contributed by atoms with Gasteiger partial charge in [-0.25, -0.2) is 0 Å². The molecule has 1 rings (SSSR count). The molecule has 1 saturated heterocycles. The Kier molecular flexibility index (Phi) is 5.94. The Hall–Kier alpha value is -0.0800. The zero-order valence-electron chi connectivity index (χ0n) is 12.3. The number of likely N-dealkylation sites (tertiary alicyclic amines) is 1. The molecule has 2 heteroatoms. The molecule has 17 heavy (non-hydrogen) atoms. The monoisotopic (exact) mass is 240 g/mol. The molecule has 1 heterocycles. The molecule has 0 radical (unpaired) electrons. The van der Waals surface area contributed by atoms with Crippen molar-refractivity contribution >= 4 is 0 Å². The molecule has 0 spiro atoms. The summed E-state index contributed by atoms with van der Waals surface area (Å²) in [5.41, 5.74) is 6.60. The van der Waals surface area contributed by atoms with Gasteiger partial charge in [0.1, 0.15) is 0 Å². The van der Waals surface area contributed by atoms with E-state index in [2.05, 4.69) is 32.6 Å². The van der Waals surface area contributed by atoms with Crippen LogP contribution < -0.4 is 5.73 Å². The number of piperidine rings is 1. The Labute approximate surface area is 108 Å². The van der Waals surface area contributed by atoms with Gasteiger partial charge in [0.25, 0.3) is 0 Å². The van der Waals surface area contributed by atoms with Gasteiger partial charge in [-0.05, 0) is 37.3 Å². The largest absolute Gasteiger partial charge is 0.329 e. The molecular formula is C15H32N2. The molecule has 0 aliphatic carbocycles. The first kappa shape index (κ1) is 15.0. The molecule has 0 aromatic heterocycles. The van der Waals surface area contributed by atoms with Gasteiger partial charge in [0.15, 0.2) is 0 Å². The van der Waals surface area contributed by atoms with E-state index in [9.17, 15) is 0 Å². The molecular weight excluding hydrogens is 208 g/mol. The van der Waals surface area contributed by atoms with Crippen molar-refractivity contribution in [3.05, 3.63) is 0 Å². The molecule has 0 saturated carbocycles. The Morgan fingerprint density at radius 3 is 2.00 bits per heavy atom. The molecule has 1 atom stereocenters. The minimum absolute atomic E-state index is 0.587. The van der Waals surface area contributed by atoms with E-state index in [0.29, 0.717) is 11.5 Å². The average Bonchev–Trinajstić information content (AvgIpc) is 2.37. The summed E-state index contributed by atoms with van der Waals surface area (Å²) in [6.07, 6.45) is 6.54. The van der Waals surface area contributed by atoms with E-state index in [1.165, 1.54) is 45.2 Å². The third kappa shape index (κ3) is 3.69. The van der Waals surface area contributed by atoms with Gasteiger partial charge in [-0.1, -0.05) is 47.0 Å². The minimum Gasteiger partial charge on any atom is -0.329 e. The first-order valence-corrected chi connectivity index (χ1v) is 7.54. The van der Waals surface area contributed by atoms with E-state index in [1.807, 2.05) is 0 Å². The highest BCUT2D eigenvalue weighted by molar-refractivity contribution is 4.87. The normalized spacial score (nSPS) is 22.9. The van der Waals surface area contributed by atoms with Gasteiger partial charge in [0.2, 0.25) is 0 Å². The summed E-state index contributed by atoms with van der Waals surface area (Å²) < 4.78 is 0. The molecule has 2 nitrogen and oxygen atoms in total. The van der Waals surface area contributed by atoms with E-state index in [0.717, 1.165) is 12.5 Å². The molecule has 0 amide bonds.